The lowest BCUT2D eigenvalue weighted by Crippen LogP contribution is -2.50. The van der Waals surface area contributed by atoms with Crippen molar-refractivity contribution in [2.45, 2.75) is 77.0 Å². The number of hydrogen-bond acceptors (Lipinski definition) is 5. The fraction of sp³-hybridized carbons (Fsp3) is 0.800. The van der Waals surface area contributed by atoms with Crippen LogP contribution < -0.4 is 10.6 Å². The van der Waals surface area contributed by atoms with Gasteiger partial charge >= 0.3 is 0 Å². The van der Waals surface area contributed by atoms with Gasteiger partial charge in [-0.15, -0.1) is 0 Å². The van der Waals surface area contributed by atoms with Crippen LogP contribution in [0.15, 0.2) is 23.9 Å². The Kier molecular flexibility index (Phi) is 8.07. The maximum atomic E-state index is 12.5. The molecule has 1 atom stereocenters. The summed E-state index contributed by atoms with van der Waals surface area (Å²) < 4.78 is 0. The number of hydrogen-bond donors (Lipinski definition) is 2. The normalized spacial score (nSPS) is 27.1. The Hall–Kier alpha value is -1.37. The molecule has 1 amide bonds. The van der Waals surface area contributed by atoms with E-state index in [0.717, 1.165) is 38.3 Å². The predicted octanol–water partition coefficient (Wildman–Crippen LogP) is 2.54. The number of dihydropyridines is 1. The molecule has 0 bridgehead atoms. The Balaban J connectivity index is 1.23. The van der Waals surface area contributed by atoms with Gasteiger partial charge in [-0.3, -0.25) is 14.6 Å². The van der Waals surface area contributed by atoms with E-state index < -0.39 is 0 Å². The molecule has 3 aliphatic heterocycles. The molecule has 3 heterocycles. The van der Waals surface area contributed by atoms with Gasteiger partial charge in [-0.05, 0) is 82.6 Å². The lowest BCUT2D eigenvalue weighted by molar-refractivity contribution is -0.118. The largest absolute Gasteiger partial charge is 0.362 e. The van der Waals surface area contributed by atoms with Gasteiger partial charge in [0.2, 0.25) is 0 Å². The molecular weight excluding hydrogens is 386 g/mol. The topological polar surface area (TPSA) is 50.9 Å². The number of nitrogens with one attached hydrogen (secondary N) is 2. The average molecular weight is 430 g/mol. The maximum Gasteiger partial charge on any atom is 0.267 e. The van der Waals surface area contributed by atoms with Gasteiger partial charge in [0.05, 0.1) is 6.17 Å². The SMILES string of the molecule is CCC(CC)N1CCC(N2CCCN(C3C=CC=C(C(=O)NCC4CC4)N3)CC2)CC1. The zero-order chi connectivity index (χ0) is 21.6. The minimum Gasteiger partial charge on any atom is -0.362 e. The number of carbonyl (C=O) groups is 1. The first kappa shape index (κ1) is 22.8. The zero-order valence-corrected chi connectivity index (χ0v) is 19.7. The molecule has 6 nitrogen and oxygen atoms in total. The fourth-order valence-electron chi connectivity index (χ4n) is 5.54. The molecule has 1 saturated carbocycles. The Morgan fingerprint density at radius 1 is 1.03 bits per heavy atom. The highest BCUT2D eigenvalue weighted by Crippen LogP contribution is 2.27. The zero-order valence-electron chi connectivity index (χ0n) is 19.7. The monoisotopic (exact) mass is 429 g/mol. The first-order chi connectivity index (χ1) is 15.2. The van der Waals surface area contributed by atoms with Gasteiger partial charge in [0, 0.05) is 38.3 Å². The smallest absolute Gasteiger partial charge is 0.267 e. The van der Waals surface area contributed by atoms with Crippen LogP contribution in [-0.2, 0) is 4.79 Å². The first-order valence-corrected chi connectivity index (χ1v) is 12.8. The molecular formula is C25H43N5O. The number of rotatable bonds is 8. The van der Waals surface area contributed by atoms with Gasteiger partial charge in [-0.2, -0.15) is 0 Å². The number of piperidine rings is 1. The summed E-state index contributed by atoms with van der Waals surface area (Å²) in [6, 6.07) is 1.51. The molecule has 0 aromatic heterocycles. The molecule has 0 aromatic rings. The predicted molar refractivity (Wildman–Crippen MR) is 127 cm³/mol. The summed E-state index contributed by atoms with van der Waals surface area (Å²) in [7, 11) is 0. The molecule has 0 aromatic carbocycles. The summed E-state index contributed by atoms with van der Waals surface area (Å²) in [6.45, 7) is 12.5. The summed E-state index contributed by atoms with van der Waals surface area (Å²) >= 11 is 0. The third-order valence-corrected chi connectivity index (χ3v) is 7.79. The maximum absolute atomic E-state index is 12.5. The van der Waals surface area contributed by atoms with Crippen LogP contribution in [0.1, 0.15) is 58.8 Å². The van der Waals surface area contributed by atoms with Crippen molar-refractivity contribution in [3.63, 3.8) is 0 Å². The Morgan fingerprint density at radius 3 is 2.45 bits per heavy atom. The van der Waals surface area contributed by atoms with Crippen LogP contribution in [0.25, 0.3) is 0 Å². The molecule has 0 radical (unpaired) electrons. The molecule has 1 unspecified atom stereocenters. The summed E-state index contributed by atoms with van der Waals surface area (Å²) in [6.07, 6.45) is 15.2. The van der Waals surface area contributed by atoms with Crippen molar-refractivity contribution < 1.29 is 4.79 Å². The van der Waals surface area contributed by atoms with Crippen LogP contribution in [0.5, 0.6) is 0 Å². The quantitative estimate of drug-likeness (QED) is 0.621. The van der Waals surface area contributed by atoms with E-state index in [2.05, 4.69) is 45.3 Å². The van der Waals surface area contributed by atoms with E-state index in [1.165, 1.54) is 64.6 Å². The summed E-state index contributed by atoms with van der Waals surface area (Å²) in [5.41, 5.74) is 0.711. The van der Waals surface area contributed by atoms with Crippen molar-refractivity contribution in [2.24, 2.45) is 5.92 Å². The minimum atomic E-state index is 0.0434. The second-order valence-corrected chi connectivity index (χ2v) is 9.87. The molecule has 6 heteroatoms. The molecule has 31 heavy (non-hydrogen) atoms. The van der Waals surface area contributed by atoms with Gasteiger partial charge in [0.1, 0.15) is 5.70 Å². The van der Waals surface area contributed by atoms with E-state index in [9.17, 15) is 4.79 Å². The minimum absolute atomic E-state index is 0.0434. The van der Waals surface area contributed by atoms with Crippen molar-refractivity contribution in [1.29, 1.82) is 0 Å². The number of amides is 1. The average Bonchev–Trinajstić information content (AvgIpc) is 3.66. The van der Waals surface area contributed by atoms with Gasteiger partial charge in [-0.1, -0.05) is 19.9 Å². The van der Waals surface area contributed by atoms with Gasteiger partial charge in [-0.25, -0.2) is 0 Å². The molecule has 2 saturated heterocycles. The second kappa shape index (κ2) is 11.0. The second-order valence-electron chi connectivity index (χ2n) is 9.87. The Morgan fingerprint density at radius 2 is 1.74 bits per heavy atom. The summed E-state index contributed by atoms with van der Waals surface area (Å²) in [5.74, 6) is 0.750. The molecule has 4 rings (SSSR count). The standard InChI is InChI=1S/C25H43N5O/c1-3-21(4-2)29-15-11-22(12-16-29)28-13-6-14-30(18-17-28)24-8-5-7-23(27-24)25(31)26-19-20-9-10-20/h5,7-8,20-22,24,27H,3-4,6,9-19H2,1-2H3,(H,26,31). The van der Waals surface area contributed by atoms with Crippen molar-refractivity contribution in [3.05, 3.63) is 23.9 Å². The van der Waals surface area contributed by atoms with E-state index in [1.807, 2.05) is 12.2 Å². The van der Waals surface area contributed by atoms with Crippen LogP contribution in [0.2, 0.25) is 0 Å². The molecule has 2 N–H and O–H groups in total. The first-order valence-electron chi connectivity index (χ1n) is 12.8. The third kappa shape index (κ3) is 6.11. The third-order valence-electron chi connectivity index (χ3n) is 7.79. The van der Waals surface area contributed by atoms with Gasteiger partial charge < -0.3 is 15.5 Å². The van der Waals surface area contributed by atoms with Crippen LogP contribution >= 0.6 is 0 Å². The number of allylic oxidation sites excluding steroid dienone is 2. The summed E-state index contributed by atoms with van der Waals surface area (Å²) in [4.78, 5) is 20.5. The molecule has 3 fully saturated rings. The number of nitrogens with zero attached hydrogens (tertiary/aromatic N) is 3. The highest BCUT2D eigenvalue weighted by atomic mass is 16.2. The molecule has 1 aliphatic carbocycles. The fourth-order valence-corrected chi connectivity index (χ4v) is 5.54. The van der Waals surface area contributed by atoms with E-state index in [4.69, 9.17) is 0 Å². The van der Waals surface area contributed by atoms with Gasteiger partial charge in [0.15, 0.2) is 0 Å². The van der Waals surface area contributed by atoms with Crippen molar-refractivity contribution >= 4 is 5.91 Å². The molecule has 4 aliphatic rings. The summed E-state index contributed by atoms with van der Waals surface area (Å²) in [5, 5.41) is 6.57. The van der Waals surface area contributed by atoms with E-state index in [1.54, 1.807) is 0 Å². The van der Waals surface area contributed by atoms with Crippen molar-refractivity contribution in [3.8, 4) is 0 Å². The number of likely N-dealkylation sites (tertiary alicyclic amines) is 1. The van der Waals surface area contributed by atoms with E-state index in [-0.39, 0.29) is 12.1 Å². The molecule has 174 valence electrons. The Labute approximate surface area is 189 Å². The molecule has 0 spiro atoms. The van der Waals surface area contributed by atoms with Crippen molar-refractivity contribution in [1.82, 2.24) is 25.3 Å². The number of carbonyl (C=O) groups excluding carboxylic acids is 1. The van der Waals surface area contributed by atoms with Gasteiger partial charge in [0.25, 0.3) is 5.91 Å². The Bertz CT molecular complexity index is 646. The van der Waals surface area contributed by atoms with Crippen LogP contribution in [0, 0.1) is 5.92 Å². The van der Waals surface area contributed by atoms with Crippen molar-refractivity contribution in [2.75, 3.05) is 45.8 Å². The van der Waals surface area contributed by atoms with Crippen LogP contribution in [0.3, 0.4) is 0 Å². The van der Waals surface area contributed by atoms with Crippen LogP contribution in [0.4, 0.5) is 0 Å². The highest BCUT2D eigenvalue weighted by molar-refractivity contribution is 5.93. The lowest BCUT2D eigenvalue weighted by atomic mass is 9.99. The lowest BCUT2D eigenvalue weighted by Gasteiger charge is -2.41. The highest BCUT2D eigenvalue weighted by Gasteiger charge is 2.30. The van der Waals surface area contributed by atoms with E-state index in [0.29, 0.717) is 11.6 Å². The van der Waals surface area contributed by atoms with E-state index >= 15 is 0 Å². The van der Waals surface area contributed by atoms with Crippen LogP contribution in [-0.4, -0.2) is 84.7 Å².